The number of hydrogen-bond acceptors (Lipinski definition) is 5. The third kappa shape index (κ3) is 4.86. The van der Waals surface area contributed by atoms with E-state index in [1.807, 2.05) is 6.07 Å². The molecule has 3 N–H and O–H groups in total. The maximum absolute atomic E-state index is 12.3. The second-order valence-electron chi connectivity index (χ2n) is 5.89. The fraction of sp³-hybridized carbons (Fsp3) is 0.529. The van der Waals surface area contributed by atoms with Crippen molar-refractivity contribution in [2.45, 2.75) is 37.6 Å². The van der Waals surface area contributed by atoms with Crippen LogP contribution in [-0.4, -0.2) is 49.3 Å². The van der Waals surface area contributed by atoms with Crippen molar-refractivity contribution in [2.24, 2.45) is 0 Å². The van der Waals surface area contributed by atoms with E-state index in [0.717, 1.165) is 37.8 Å². The minimum atomic E-state index is -0.737. The van der Waals surface area contributed by atoms with E-state index in [9.17, 15) is 14.4 Å². The van der Waals surface area contributed by atoms with E-state index in [4.69, 9.17) is 0 Å². The lowest BCUT2D eigenvalue weighted by atomic mass is 9.91. The van der Waals surface area contributed by atoms with Crippen molar-refractivity contribution in [3.05, 3.63) is 29.6 Å². The average Bonchev–Trinajstić information content (AvgIpc) is 2.65. The van der Waals surface area contributed by atoms with Gasteiger partial charge in [0.25, 0.3) is 5.91 Å². The Kier molecular flexibility index (Phi) is 6.87. The van der Waals surface area contributed by atoms with Crippen LogP contribution in [0.5, 0.6) is 0 Å². The largest absolute Gasteiger partial charge is 0.357 e. The molecule has 2 heterocycles. The molecule has 1 fully saturated rings. The summed E-state index contributed by atoms with van der Waals surface area (Å²) in [5.41, 5.74) is 1.41. The molecule has 130 valence electrons. The highest BCUT2D eigenvalue weighted by Gasteiger charge is 2.21. The number of rotatable bonds is 7. The molecule has 7 heteroatoms. The number of nitrogens with zero attached hydrogens (tertiary/aromatic N) is 1. The molecular weight excluding hydrogens is 308 g/mol. The third-order valence-corrected chi connectivity index (χ3v) is 4.27. The highest BCUT2D eigenvalue weighted by molar-refractivity contribution is 5.96. The van der Waals surface area contributed by atoms with Crippen LogP contribution in [0.15, 0.2) is 18.3 Å². The Morgan fingerprint density at radius 2 is 2.12 bits per heavy atom. The predicted octanol–water partition coefficient (Wildman–Crippen LogP) is 0.372. The molecule has 0 saturated carbocycles. The van der Waals surface area contributed by atoms with Crippen LogP contribution in [0.2, 0.25) is 0 Å². The van der Waals surface area contributed by atoms with Gasteiger partial charge in [0.1, 0.15) is 18.0 Å². The number of carbonyl (C=O) groups excluding carboxylic acids is 3. The Morgan fingerprint density at radius 1 is 1.38 bits per heavy atom. The summed E-state index contributed by atoms with van der Waals surface area (Å²) in [6.07, 6.45) is 5.08. The van der Waals surface area contributed by atoms with Gasteiger partial charge in [0.05, 0.1) is 0 Å². The molecule has 0 aliphatic carbocycles. The Hall–Kier alpha value is -2.28. The Labute approximate surface area is 141 Å². The zero-order valence-electron chi connectivity index (χ0n) is 13.9. The Bertz CT molecular complexity index is 568. The second kappa shape index (κ2) is 9.12. The standard InChI is InChI=1S/C17H24N4O3/c1-18-16(23)15(3-2-10-22)21-17(24)14-5-4-13(11-20-14)12-6-8-19-9-7-12/h4-5,10-12,15,19H,2-3,6-9H2,1H3,(H,18,23)(H,21,24). The van der Waals surface area contributed by atoms with Crippen molar-refractivity contribution in [3.8, 4) is 0 Å². The van der Waals surface area contributed by atoms with E-state index in [1.165, 1.54) is 7.05 Å². The summed E-state index contributed by atoms with van der Waals surface area (Å²) in [5, 5.41) is 8.44. The number of piperidine rings is 1. The lowest BCUT2D eigenvalue weighted by Gasteiger charge is -2.22. The summed E-state index contributed by atoms with van der Waals surface area (Å²) < 4.78 is 0. The minimum absolute atomic E-state index is 0.209. The summed E-state index contributed by atoms with van der Waals surface area (Å²) in [5.74, 6) is -0.259. The molecule has 1 unspecified atom stereocenters. The van der Waals surface area contributed by atoms with Gasteiger partial charge in [0, 0.05) is 19.7 Å². The number of hydrogen-bond donors (Lipinski definition) is 3. The fourth-order valence-corrected chi connectivity index (χ4v) is 2.85. The molecule has 7 nitrogen and oxygen atoms in total. The summed E-state index contributed by atoms with van der Waals surface area (Å²) in [4.78, 5) is 38.8. The number of carbonyl (C=O) groups is 3. The molecule has 0 bridgehead atoms. The van der Waals surface area contributed by atoms with Gasteiger partial charge >= 0.3 is 0 Å². The predicted molar refractivity (Wildman–Crippen MR) is 89.7 cm³/mol. The average molecular weight is 332 g/mol. The lowest BCUT2D eigenvalue weighted by Crippen LogP contribution is -2.45. The highest BCUT2D eigenvalue weighted by atomic mass is 16.2. The van der Waals surface area contributed by atoms with Crippen LogP contribution in [0.3, 0.4) is 0 Å². The summed E-state index contributed by atoms with van der Waals surface area (Å²) in [7, 11) is 1.49. The first-order valence-corrected chi connectivity index (χ1v) is 8.28. The Balaban J connectivity index is 1.99. The van der Waals surface area contributed by atoms with Crippen molar-refractivity contribution in [1.82, 2.24) is 20.9 Å². The van der Waals surface area contributed by atoms with Crippen molar-refractivity contribution < 1.29 is 14.4 Å². The Morgan fingerprint density at radius 3 is 2.71 bits per heavy atom. The fourth-order valence-electron chi connectivity index (χ4n) is 2.85. The van der Waals surface area contributed by atoms with E-state index in [1.54, 1.807) is 12.3 Å². The van der Waals surface area contributed by atoms with E-state index >= 15 is 0 Å². The minimum Gasteiger partial charge on any atom is -0.357 e. The van der Waals surface area contributed by atoms with Crippen molar-refractivity contribution in [2.75, 3.05) is 20.1 Å². The van der Waals surface area contributed by atoms with E-state index in [-0.39, 0.29) is 24.4 Å². The van der Waals surface area contributed by atoms with E-state index < -0.39 is 11.9 Å². The quantitative estimate of drug-likeness (QED) is 0.627. The molecule has 1 saturated heterocycles. The van der Waals surface area contributed by atoms with Crippen molar-refractivity contribution in [3.63, 3.8) is 0 Å². The van der Waals surface area contributed by atoms with Gasteiger partial charge in [-0.3, -0.25) is 14.6 Å². The smallest absolute Gasteiger partial charge is 0.270 e. The molecule has 24 heavy (non-hydrogen) atoms. The second-order valence-corrected chi connectivity index (χ2v) is 5.89. The molecule has 0 spiro atoms. The maximum atomic E-state index is 12.3. The van der Waals surface area contributed by atoms with Gasteiger partial charge < -0.3 is 20.7 Å². The van der Waals surface area contributed by atoms with Crippen LogP contribution in [0.4, 0.5) is 0 Å². The zero-order chi connectivity index (χ0) is 17.4. The molecule has 0 aromatic carbocycles. The van der Waals surface area contributed by atoms with Gasteiger partial charge in [-0.15, -0.1) is 0 Å². The molecule has 1 aromatic heterocycles. The maximum Gasteiger partial charge on any atom is 0.270 e. The third-order valence-electron chi connectivity index (χ3n) is 4.27. The van der Waals surface area contributed by atoms with E-state index in [0.29, 0.717) is 5.92 Å². The van der Waals surface area contributed by atoms with Crippen LogP contribution >= 0.6 is 0 Å². The summed E-state index contributed by atoms with van der Waals surface area (Å²) in [6.45, 7) is 1.99. The number of likely N-dealkylation sites (N-methyl/N-ethyl adjacent to an activating group) is 1. The first-order chi connectivity index (χ1) is 11.7. The SMILES string of the molecule is CNC(=O)C(CCC=O)NC(=O)c1ccc(C2CCNCC2)cn1. The van der Waals surface area contributed by atoms with Gasteiger partial charge in [-0.2, -0.15) is 0 Å². The van der Waals surface area contributed by atoms with Gasteiger partial charge in [-0.05, 0) is 49.9 Å². The van der Waals surface area contributed by atoms with Crippen molar-refractivity contribution in [1.29, 1.82) is 0 Å². The van der Waals surface area contributed by atoms with Crippen LogP contribution in [-0.2, 0) is 9.59 Å². The number of aromatic nitrogens is 1. The first kappa shape index (κ1) is 18.1. The molecule has 1 atom stereocenters. The topological polar surface area (TPSA) is 100 Å². The molecule has 1 aliphatic heterocycles. The van der Waals surface area contributed by atoms with Crippen LogP contribution < -0.4 is 16.0 Å². The van der Waals surface area contributed by atoms with Gasteiger partial charge in [-0.25, -0.2) is 0 Å². The molecule has 1 aliphatic rings. The number of pyridine rings is 1. The normalized spacial score (nSPS) is 16.2. The van der Waals surface area contributed by atoms with Gasteiger partial charge in [-0.1, -0.05) is 6.07 Å². The molecule has 1 aromatic rings. The number of aldehydes is 1. The molecular formula is C17H24N4O3. The van der Waals surface area contributed by atoms with Crippen LogP contribution in [0, 0.1) is 0 Å². The lowest BCUT2D eigenvalue weighted by molar-refractivity contribution is -0.122. The monoisotopic (exact) mass is 332 g/mol. The van der Waals surface area contributed by atoms with Crippen molar-refractivity contribution >= 4 is 18.1 Å². The number of amides is 2. The molecule has 2 amide bonds. The van der Waals surface area contributed by atoms with Crippen LogP contribution in [0.1, 0.15) is 47.7 Å². The van der Waals surface area contributed by atoms with Gasteiger partial charge in [0.15, 0.2) is 0 Å². The van der Waals surface area contributed by atoms with Gasteiger partial charge in [0.2, 0.25) is 5.91 Å². The zero-order valence-corrected chi connectivity index (χ0v) is 13.9. The van der Waals surface area contributed by atoms with Crippen LogP contribution in [0.25, 0.3) is 0 Å². The summed E-state index contributed by atoms with van der Waals surface area (Å²) in [6, 6.07) is 2.88. The molecule has 0 radical (unpaired) electrons. The molecule has 2 rings (SSSR count). The first-order valence-electron chi connectivity index (χ1n) is 8.28. The highest BCUT2D eigenvalue weighted by Crippen LogP contribution is 2.24. The number of nitrogens with one attached hydrogen (secondary N) is 3. The van der Waals surface area contributed by atoms with E-state index in [2.05, 4.69) is 20.9 Å². The summed E-state index contributed by atoms with van der Waals surface area (Å²) >= 11 is 0.